The number of ether oxygens (including phenoxy) is 4. The Morgan fingerprint density at radius 3 is 1.47 bits per heavy atom. The van der Waals surface area contributed by atoms with Gasteiger partial charge in [-0.3, -0.25) is 19.4 Å². The van der Waals surface area contributed by atoms with Crippen LogP contribution in [-0.4, -0.2) is 78.2 Å². The maximum Gasteiger partial charge on any atom is 0.413 e. The Kier molecular flexibility index (Phi) is 14.2. The number of benzene rings is 2. The highest BCUT2D eigenvalue weighted by atomic mass is 16.5. The molecular formula is C36H43N5O10. The molecule has 51 heavy (non-hydrogen) atoms. The summed E-state index contributed by atoms with van der Waals surface area (Å²) < 4.78 is 25.0. The predicted octanol–water partition coefficient (Wildman–Crippen LogP) is 4.07. The monoisotopic (exact) mass is 705 g/mol. The molecule has 272 valence electrons. The van der Waals surface area contributed by atoms with Crippen molar-refractivity contribution in [2.24, 2.45) is 0 Å². The molecule has 0 saturated carbocycles. The highest BCUT2D eigenvalue weighted by Gasteiger charge is 2.38. The topological polar surface area (TPSA) is 174 Å². The van der Waals surface area contributed by atoms with Crippen LogP contribution in [0.2, 0.25) is 0 Å². The summed E-state index contributed by atoms with van der Waals surface area (Å²) in [6.45, 7) is 2.38. The number of methoxy groups -OCH3 is 2. The van der Waals surface area contributed by atoms with E-state index >= 15 is 0 Å². The molecule has 0 unspecified atom stereocenters. The molecule has 2 aromatic carbocycles. The van der Waals surface area contributed by atoms with E-state index in [1.165, 1.54) is 47.9 Å². The van der Waals surface area contributed by atoms with Crippen molar-refractivity contribution in [3.05, 3.63) is 117 Å². The quantitative estimate of drug-likeness (QED) is 0.120. The van der Waals surface area contributed by atoms with Crippen LogP contribution in [0.3, 0.4) is 0 Å². The Balaban J connectivity index is 1.90. The molecule has 2 amide bonds. The van der Waals surface area contributed by atoms with Crippen LogP contribution in [0, 0.1) is 0 Å². The number of hydrogen-bond acceptors (Lipinski definition) is 9. The second-order valence-electron chi connectivity index (χ2n) is 11.2. The average molecular weight is 706 g/mol. The number of rotatable bonds is 19. The molecule has 0 aliphatic heterocycles. The molecule has 2 aromatic heterocycles. The minimum absolute atomic E-state index is 0.0808. The molecule has 0 spiro atoms. The van der Waals surface area contributed by atoms with Gasteiger partial charge in [0.15, 0.2) is 0 Å². The van der Waals surface area contributed by atoms with Crippen LogP contribution in [0.5, 0.6) is 11.5 Å². The number of amides is 2. The summed E-state index contributed by atoms with van der Waals surface area (Å²) in [7, 11) is 2.97. The van der Waals surface area contributed by atoms with Gasteiger partial charge in [0.2, 0.25) is 11.5 Å². The SMILES string of the molecule is CCNCC(N(C(=O)O)c1ccn(CCOC)c(=O)c1OCc1ccccc1)N(C(=O)O)c1ccn(CCOC)c(=O)c1OCc1ccccc1. The van der Waals surface area contributed by atoms with E-state index < -0.39 is 29.5 Å². The van der Waals surface area contributed by atoms with Gasteiger partial charge in [-0.2, -0.15) is 0 Å². The highest BCUT2D eigenvalue weighted by molar-refractivity contribution is 5.95. The van der Waals surface area contributed by atoms with E-state index in [2.05, 4.69) is 5.32 Å². The Morgan fingerprint density at radius 1 is 0.706 bits per heavy atom. The van der Waals surface area contributed by atoms with Gasteiger partial charge in [0, 0.05) is 46.2 Å². The number of likely N-dealkylation sites (N-methyl/N-ethyl adjacent to an activating group) is 1. The van der Waals surface area contributed by atoms with Crippen LogP contribution in [0.15, 0.2) is 94.8 Å². The minimum atomic E-state index is -1.58. The van der Waals surface area contributed by atoms with E-state index in [9.17, 15) is 29.4 Å². The standard InChI is InChI=1S/C36H43N5O10/c1-4-37-23-30(40(35(44)45)28-15-17-38(19-21-48-2)33(42)31(28)50-24-26-11-7-5-8-12-26)41(36(46)47)29-16-18-39(20-22-49-3)34(43)32(29)51-25-27-13-9-6-10-14-27/h5-18,30,37H,4,19-25H2,1-3H3,(H,44,45)(H,46,47). The Morgan fingerprint density at radius 2 is 1.12 bits per heavy atom. The highest BCUT2D eigenvalue weighted by Crippen LogP contribution is 2.33. The van der Waals surface area contributed by atoms with Crippen molar-refractivity contribution >= 4 is 23.6 Å². The van der Waals surface area contributed by atoms with Gasteiger partial charge < -0.3 is 43.6 Å². The third-order valence-corrected chi connectivity index (χ3v) is 7.83. The van der Waals surface area contributed by atoms with Crippen LogP contribution < -0.4 is 35.7 Å². The van der Waals surface area contributed by atoms with Crippen LogP contribution in [0.4, 0.5) is 21.0 Å². The number of carbonyl (C=O) groups is 2. The lowest BCUT2D eigenvalue weighted by Crippen LogP contribution is -2.58. The van der Waals surface area contributed by atoms with Gasteiger partial charge in [0.05, 0.1) is 24.6 Å². The summed E-state index contributed by atoms with van der Waals surface area (Å²) in [5.41, 5.74) is -0.282. The van der Waals surface area contributed by atoms with Gasteiger partial charge in [-0.25, -0.2) is 9.59 Å². The zero-order chi connectivity index (χ0) is 36.8. The molecule has 15 heteroatoms. The summed E-state index contributed by atoms with van der Waals surface area (Å²) in [6, 6.07) is 20.7. The summed E-state index contributed by atoms with van der Waals surface area (Å²) in [5.74, 6) is -0.635. The van der Waals surface area contributed by atoms with Crippen molar-refractivity contribution in [1.29, 1.82) is 0 Å². The first-order valence-corrected chi connectivity index (χ1v) is 16.2. The minimum Gasteiger partial charge on any atom is -0.481 e. The molecule has 0 aliphatic rings. The fraction of sp³-hybridized carbons (Fsp3) is 0.333. The number of hydrogen-bond donors (Lipinski definition) is 3. The van der Waals surface area contributed by atoms with E-state index in [1.54, 1.807) is 55.5 Å². The molecule has 0 atom stereocenters. The van der Waals surface area contributed by atoms with E-state index in [-0.39, 0.29) is 68.9 Å². The lowest BCUT2D eigenvalue weighted by Gasteiger charge is -2.37. The van der Waals surface area contributed by atoms with Crippen molar-refractivity contribution in [3.8, 4) is 11.5 Å². The van der Waals surface area contributed by atoms with Crippen LogP contribution in [-0.2, 0) is 35.8 Å². The molecule has 0 radical (unpaired) electrons. The summed E-state index contributed by atoms with van der Waals surface area (Å²) in [6.07, 6.45) is -1.95. The van der Waals surface area contributed by atoms with Crippen LogP contribution in [0.25, 0.3) is 0 Å². The molecule has 0 fully saturated rings. The van der Waals surface area contributed by atoms with Gasteiger partial charge in [-0.1, -0.05) is 67.6 Å². The lowest BCUT2D eigenvalue weighted by molar-refractivity contribution is 0.184. The Labute approximate surface area is 294 Å². The second-order valence-corrected chi connectivity index (χ2v) is 11.2. The Hall–Kier alpha value is -5.64. The third-order valence-electron chi connectivity index (χ3n) is 7.83. The zero-order valence-electron chi connectivity index (χ0n) is 28.8. The van der Waals surface area contributed by atoms with E-state index in [1.807, 2.05) is 12.1 Å². The smallest absolute Gasteiger partial charge is 0.413 e. The van der Waals surface area contributed by atoms with Gasteiger partial charge in [0.1, 0.15) is 19.4 Å². The van der Waals surface area contributed by atoms with Gasteiger partial charge in [0.25, 0.3) is 11.1 Å². The number of anilines is 2. The van der Waals surface area contributed by atoms with Crippen molar-refractivity contribution < 1.29 is 38.7 Å². The number of aromatic nitrogens is 2. The average Bonchev–Trinajstić information content (AvgIpc) is 3.13. The zero-order valence-corrected chi connectivity index (χ0v) is 28.8. The molecule has 15 nitrogen and oxygen atoms in total. The van der Waals surface area contributed by atoms with E-state index in [0.29, 0.717) is 17.7 Å². The molecule has 0 saturated heterocycles. The van der Waals surface area contributed by atoms with Crippen molar-refractivity contribution in [3.63, 3.8) is 0 Å². The van der Waals surface area contributed by atoms with E-state index in [4.69, 9.17) is 18.9 Å². The first-order chi connectivity index (χ1) is 24.7. The van der Waals surface area contributed by atoms with Crippen molar-refractivity contribution in [1.82, 2.24) is 14.5 Å². The second kappa shape index (κ2) is 18.9. The van der Waals surface area contributed by atoms with Gasteiger partial charge in [-0.15, -0.1) is 0 Å². The maximum absolute atomic E-state index is 13.8. The van der Waals surface area contributed by atoms with Crippen LogP contribution in [0.1, 0.15) is 18.1 Å². The molecular weight excluding hydrogens is 662 g/mol. The molecule has 3 N–H and O–H groups in total. The van der Waals surface area contributed by atoms with Crippen molar-refractivity contribution in [2.45, 2.75) is 39.4 Å². The first-order valence-electron chi connectivity index (χ1n) is 16.2. The fourth-order valence-electron chi connectivity index (χ4n) is 5.28. The molecule has 0 aliphatic carbocycles. The number of carboxylic acid groups (broad SMARTS) is 2. The maximum atomic E-state index is 13.8. The number of pyridine rings is 2. The first kappa shape index (κ1) is 38.2. The molecule has 0 bridgehead atoms. The summed E-state index contributed by atoms with van der Waals surface area (Å²) in [4.78, 5) is 55.7. The largest absolute Gasteiger partial charge is 0.481 e. The fourth-order valence-corrected chi connectivity index (χ4v) is 5.28. The lowest BCUT2D eigenvalue weighted by atomic mass is 10.2. The third kappa shape index (κ3) is 9.75. The van der Waals surface area contributed by atoms with Crippen LogP contribution >= 0.6 is 0 Å². The van der Waals surface area contributed by atoms with Gasteiger partial charge >= 0.3 is 12.2 Å². The summed E-state index contributed by atoms with van der Waals surface area (Å²) >= 11 is 0. The molecule has 4 aromatic rings. The van der Waals surface area contributed by atoms with E-state index in [0.717, 1.165) is 9.80 Å². The van der Waals surface area contributed by atoms with Gasteiger partial charge in [-0.05, 0) is 29.8 Å². The van der Waals surface area contributed by atoms with Crippen molar-refractivity contribution in [2.75, 3.05) is 50.3 Å². The molecule has 2 heterocycles. The molecule has 4 rings (SSSR count). The predicted molar refractivity (Wildman–Crippen MR) is 190 cm³/mol. The summed E-state index contributed by atoms with van der Waals surface area (Å²) in [5, 5.41) is 24.6. The Bertz CT molecular complexity index is 1720. The number of nitrogens with one attached hydrogen (secondary N) is 1. The normalized spacial score (nSPS) is 11.0. The number of nitrogens with zero attached hydrogens (tertiary/aromatic N) is 4.